The number of rotatable bonds is 18. The van der Waals surface area contributed by atoms with Gasteiger partial charge in [-0.2, -0.15) is 8.42 Å². The Morgan fingerprint density at radius 1 is 0.809 bits per heavy atom. The third-order valence-electron chi connectivity index (χ3n) is 18.1. The molecule has 0 spiro atoms. The van der Waals surface area contributed by atoms with Crippen LogP contribution in [-0.4, -0.2) is 185 Å². The Morgan fingerprint density at radius 2 is 1.37 bits per heavy atom. The minimum atomic E-state index is -10.7. The van der Waals surface area contributed by atoms with E-state index in [1.54, 1.807) is 72.4 Å². The van der Waals surface area contributed by atoms with Gasteiger partial charge in [0.05, 0.1) is 76.8 Å². The van der Waals surface area contributed by atoms with Gasteiger partial charge in [-0.3, -0.25) is 14.1 Å². The Kier molecular flexibility index (Phi) is 25.2. The van der Waals surface area contributed by atoms with Crippen molar-refractivity contribution >= 4 is 53.0 Å². The van der Waals surface area contributed by atoms with E-state index in [4.69, 9.17) is 28.4 Å². The number of aliphatic hydroxyl groups is 5. The Morgan fingerprint density at radius 3 is 1.89 bits per heavy atom. The van der Waals surface area contributed by atoms with Crippen LogP contribution in [0.4, 0.5) is 25.2 Å². The van der Waals surface area contributed by atoms with Gasteiger partial charge >= 0.3 is 39.0 Å². The molecule has 0 aliphatic carbocycles. The average Bonchev–Trinajstić information content (AvgIpc) is 1.27. The number of likely N-dealkylation sites (N-methyl/N-ethyl adjacent to an activating group) is 1. The maximum absolute atomic E-state index is 15.0. The summed E-state index contributed by atoms with van der Waals surface area (Å²) in [6, 6.07) is 25.1. The van der Waals surface area contributed by atoms with Crippen LogP contribution in [0.2, 0.25) is 0 Å². The number of ether oxygens (including phenoxy) is 6. The van der Waals surface area contributed by atoms with E-state index < -0.39 is 133 Å². The zero-order valence-electron chi connectivity index (χ0n) is 53.3. The summed E-state index contributed by atoms with van der Waals surface area (Å²) in [6.45, 7) is 16.9. The van der Waals surface area contributed by atoms with Crippen molar-refractivity contribution in [3.8, 4) is 0 Å². The molecule has 3 heterocycles. The number of amides is 1. The van der Waals surface area contributed by atoms with E-state index in [0.29, 0.717) is 31.8 Å². The van der Waals surface area contributed by atoms with Crippen LogP contribution < -0.4 is 15.9 Å². The molecule has 3 aromatic carbocycles. The third kappa shape index (κ3) is 20.0. The van der Waals surface area contributed by atoms with Gasteiger partial charge in [-0.1, -0.05) is 70.2 Å². The molecule has 3 aliphatic heterocycles. The molecule has 27 heteroatoms. The number of unbranched alkanes of at least 4 members (excludes halogenated alkanes) is 2. The Bertz CT molecular complexity index is 2850. The van der Waals surface area contributed by atoms with E-state index >= 15 is 4.79 Å². The molecule has 3 aromatic rings. The predicted molar refractivity (Wildman–Crippen MR) is 330 cm³/mol. The molecule has 0 bridgehead atoms. The summed E-state index contributed by atoms with van der Waals surface area (Å²) in [7, 11) is -12.5. The molecule has 3 aliphatic rings. The Balaban J connectivity index is 0.00000194. The summed E-state index contributed by atoms with van der Waals surface area (Å²) in [6.07, 6.45) is -7.23. The standard InChI is InChI=1S/C62H95N2O16PS.F6P/c1-14-50-60(8,38-65)55(68)43(6)64(51(66)31-22-17-23-32-81(45-25-18-15-19-26-45,46-27-20-16-21-28-46)47-29-24-30-48(34-47)82(72,73)74)37-39(2)35-61(9,71)57(80-59-53(67)49(63(11)12)33-40(3)76-59)41(4)54(42(5)58(70)78-50)79-52-36-62(10,75-13)56(69)44(7)77-52;1-7(2,3,4,5)6/h15-16,18-21,24-30,34,39-44,49-50,52-57,59,65,67-69,71H,14,17,22-23,31-33,35-38H2,1-13H3;/q;-1/p+1/t39-,40-,41+,42-,43-,44+,49+,50-,52+,53-,54+,55-,56+,57-,59+,60-,61-,62-;/m1./s1. The topological polar surface area (TPSA) is 252 Å². The molecule has 89 heavy (non-hydrogen) atoms. The number of esters is 1. The van der Waals surface area contributed by atoms with E-state index in [1.807, 2.05) is 75.3 Å². The number of hydrogen-bond acceptors (Lipinski definition) is 16. The van der Waals surface area contributed by atoms with E-state index in [-0.39, 0.29) is 55.2 Å². The zero-order valence-corrected chi connectivity index (χ0v) is 55.9. The first-order valence-electron chi connectivity index (χ1n) is 30.3. The van der Waals surface area contributed by atoms with Crippen LogP contribution in [0.15, 0.2) is 89.8 Å². The molecule has 1 amide bonds. The van der Waals surface area contributed by atoms with Crippen molar-refractivity contribution in [3.63, 3.8) is 0 Å². The number of aliphatic hydroxyl groups excluding tert-OH is 4. The van der Waals surface area contributed by atoms with Crippen molar-refractivity contribution in [1.29, 1.82) is 0 Å². The average molecular weight is 1330 g/mol. The number of carbonyl (C=O) groups is 2. The summed E-state index contributed by atoms with van der Waals surface area (Å²) in [5.74, 6) is -3.48. The van der Waals surface area contributed by atoms with Gasteiger partial charge in [0.2, 0.25) is 5.91 Å². The number of hydrogen-bond donors (Lipinski definition) is 6. The van der Waals surface area contributed by atoms with Crippen LogP contribution in [-0.2, 0) is 48.1 Å². The molecule has 0 radical (unpaired) electrons. The summed E-state index contributed by atoms with van der Waals surface area (Å²) >= 11 is 0. The van der Waals surface area contributed by atoms with Crippen LogP contribution in [0.25, 0.3) is 0 Å². The van der Waals surface area contributed by atoms with Gasteiger partial charge in [0.15, 0.2) is 12.6 Å². The molecular weight excluding hydrogens is 1240 g/mol. The predicted octanol–water partition coefficient (Wildman–Crippen LogP) is 9.23. The molecule has 6 rings (SSSR count). The van der Waals surface area contributed by atoms with Crippen molar-refractivity contribution in [1.82, 2.24) is 9.80 Å². The van der Waals surface area contributed by atoms with Crippen LogP contribution >= 0.6 is 15.1 Å². The van der Waals surface area contributed by atoms with Gasteiger partial charge < -0.3 is 63.8 Å². The molecule has 3 fully saturated rings. The first-order valence-corrected chi connectivity index (χ1v) is 35.7. The molecule has 18 atom stereocenters. The van der Waals surface area contributed by atoms with Crippen molar-refractivity contribution in [2.24, 2.45) is 23.2 Å². The molecule has 0 aromatic heterocycles. The second-order valence-electron chi connectivity index (χ2n) is 25.7. The molecular formula is C62H96F6N2O16P2S. The molecule has 508 valence electrons. The van der Waals surface area contributed by atoms with Gasteiger partial charge in [0, 0.05) is 44.5 Å². The van der Waals surface area contributed by atoms with Crippen LogP contribution in [0.3, 0.4) is 0 Å². The fraction of sp³-hybridized carbons (Fsp3) is 0.677. The third-order valence-corrected chi connectivity index (χ3v) is 23.4. The number of methoxy groups -OCH3 is 1. The summed E-state index contributed by atoms with van der Waals surface area (Å²) < 4.78 is 133. The Labute approximate surface area is 521 Å². The summed E-state index contributed by atoms with van der Waals surface area (Å²) in [5, 5.41) is 62.9. The van der Waals surface area contributed by atoms with Crippen molar-refractivity contribution < 1.29 is 102 Å². The van der Waals surface area contributed by atoms with Gasteiger partial charge in [0.25, 0.3) is 10.1 Å². The van der Waals surface area contributed by atoms with Gasteiger partial charge in [0.1, 0.15) is 41.5 Å². The normalized spacial score (nSPS) is 34.8. The summed E-state index contributed by atoms with van der Waals surface area (Å²) in [4.78, 5) is 33.2. The van der Waals surface area contributed by atoms with Crippen molar-refractivity contribution in [2.75, 3.05) is 40.5 Å². The van der Waals surface area contributed by atoms with Gasteiger partial charge in [-0.15, -0.1) is 0 Å². The Hall–Kier alpha value is -3.49. The second kappa shape index (κ2) is 29.4. The number of cyclic esters (lactones) is 1. The van der Waals surface area contributed by atoms with Gasteiger partial charge in [-0.25, -0.2) is 0 Å². The first-order chi connectivity index (χ1) is 40.9. The fourth-order valence-electron chi connectivity index (χ4n) is 13.2. The van der Waals surface area contributed by atoms with E-state index in [1.165, 1.54) is 13.2 Å². The number of carbonyl (C=O) groups excluding carboxylic acids is 2. The van der Waals surface area contributed by atoms with Crippen LogP contribution in [0.1, 0.15) is 121 Å². The first kappa shape index (κ1) is 76.2. The van der Waals surface area contributed by atoms with Crippen LogP contribution in [0, 0.1) is 23.2 Å². The number of nitrogens with zero attached hydrogens (tertiary/aromatic N) is 2. The monoisotopic (exact) mass is 1330 g/mol. The molecule has 18 nitrogen and oxygen atoms in total. The molecule has 3 saturated heterocycles. The van der Waals surface area contributed by atoms with E-state index in [9.17, 15) is 68.5 Å². The minimum absolute atomic E-state index is 0.0128. The fourth-order valence-corrected chi connectivity index (χ4v) is 18.2. The number of benzene rings is 3. The molecule has 0 saturated carbocycles. The SMILES string of the molecule is CC[C@H]1OC(=O)[C@H](C)[C@@H](O[C@H]2C[C@@](C)(OC)[C@@H](O)[C@H](C)O2)[C@H](C)[C@@H](O[C@@H]2O[C@H](C)C[C@H](N(C)C)[C@H]2O)[C@](C)(O)C[C@@H](C)CN(C(=O)CCCCC[P+](c2ccccc2)(c2ccccc2)c2cccc(S(=O)(=O)O)c2)[C@H](C)[C@@H](O)[C@]1(C)CO.F[P-](F)(F)(F)(F)F. The molecule has 0 unspecified atom stereocenters. The quantitative estimate of drug-likeness (QED) is 0.0228. The zero-order chi connectivity index (χ0) is 67.1. The van der Waals surface area contributed by atoms with Gasteiger partial charge in [-0.05, 0) is 136 Å². The maximum atomic E-state index is 15.0. The van der Waals surface area contributed by atoms with E-state index in [0.717, 1.165) is 15.9 Å². The molecule has 6 N–H and O–H groups in total. The van der Waals surface area contributed by atoms with Crippen molar-refractivity contribution in [2.45, 2.75) is 210 Å². The summed E-state index contributed by atoms with van der Waals surface area (Å²) in [5.41, 5.74) is -4.38. The second-order valence-corrected chi connectivity index (χ2v) is 32.6. The van der Waals surface area contributed by atoms with Crippen molar-refractivity contribution in [3.05, 3.63) is 84.9 Å². The van der Waals surface area contributed by atoms with Crippen LogP contribution in [0.5, 0.6) is 0 Å². The number of halogens is 6. The van der Waals surface area contributed by atoms with E-state index in [2.05, 4.69) is 24.3 Å².